The summed E-state index contributed by atoms with van der Waals surface area (Å²) in [6.45, 7) is 0.320. The van der Waals surface area contributed by atoms with Crippen LogP contribution in [0, 0.1) is 0 Å². The zero-order chi connectivity index (χ0) is 20.6. The van der Waals surface area contributed by atoms with Gasteiger partial charge in [-0.3, -0.25) is 14.8 Å². The fourth-order valence-electron chi connectivity index (χ4n) is 3.11. The molecule has 0 aliphatic heterocycles. The van der Waals surface area contributed by atoms with Crippen molar-refractivity contribution in [2.75, 3.05) is 6.61 Å². The monoisotopic (exact) mass is 395 g/mol. The minimum absolute atomic E-state index is 0.0484. The van der Waals surface area contributed by atoms with Gasteiger partial charge in [-0.15, -0.1) is 0 Å². The lowest BCUT2D eigenvalue weighted by Crippen LogP contribution is -2.28. The number of rotatable bonds is 7. The molecule has 0 fully saturated rings. The Hall–Kier alpha value is -3.99. The first-order valence-corrected chi connectivity index (χ1v) is 9.69. The van der Waals surface area contributed by atoms with Gasteiger partial charge in [0.1, 0.15) is 5.75 Å². The van der Waals surface area contributed by atoms with Crippen LogP contribution in [0.5, 0.6) is 5.75 Å². The molecule has 5 nitrogen and oxygen atoms in total. The van der Waals surface area contributed by atoms with Crippen LogP contribution in [-0.2, 0) is 11.3 Å². The minimum atomic E-state index is -0.192. The van der Waals surface area contributed by atoms with E-state index in [-0.39, 0.29) is 12.5 Å². The van der Waals surface area contributed by atoms with E-state index in [0.29, 0.717) is 12.3 Å². The van der Waals surface area contributed by atoms with Crippen molar-refractivity contribution in [3.8, 4) is 28.1 Å². The third-order valence-electron chi connectivity index (χ3n) is 4.63. The Morgan fingerprint density at radius 3 is 2.30 bits per heavy atom. The molecule has 4 aromatic rings. The molecule has 0 aliphatic carbocycles. The van der Waals surface area contributed by atoms with Crippen LogP contribution in [0.15, 0.2) is 97.5 Å². The molecule has 4 rings (SSSR count). The Morgan fingerprint density at radius 1 is 0.800 bits per heavy atom. The molecule has 1 amide bonds. The molecule has 0 spiro atoms. The molecule has 1 N–H and O–H groups in total. The normalized spacial score (nSPS) is 10.4. The number of ether oxygens (including phenoxy) is 1. The summed E-state index contributed by atoms with van der Waals surface area (Å²) in [7, 11) is 0. The minimum Gasteiger partial charge on any atom is -0.484 e. The summed E-state index contributed by atoms with van der Waals surface area (Å²) in [5, 5.41) is 2.89. The molecule has 0 radical (unpaired) electrons. The van der Waals surface area contributed by atoms with E-state index in [1.807, 2.05) is 66.7 Å². The Morgan fingerprint density at radius 2 is 1.53 bits per heavy atom. The molecule has 0 aliphatic rings. The van der Waals surface area contributed by atoms with Gasteiger partial charge in [0.25, 0.3) is 5.91 Å². The average Bonchev–Trinajstić information content (AvgIpc) is 2.83. The van der Waals surface area contributed by atoms with Crippen LogP contribution in [0.1, 0.15) is 5.56 Å². The van der Waals surface area contributed by atoms with Gasteiger partial charge in [-0.05, 0) is 47.0 Å². The van der Waals surface area contributed by atoms with E-state index in [4.69, 9.17) is 4.74 Å². The van der Waals surface area contributed by atoms with Gasteiger partial charge in [-0.25, -0.2) is 0 Å². The second-order valence-electron chi connectivity index (χ2n) is 6.71. The predicted molar refractivity (Wildman–Crippen MR) is 117 cm³/mol. The van der Waals surface area contributed by atoms with Gasteiger partial charge in [-0.1, -0.05) is 48.5 Å². The fraction of sp³-hybridized carbons (Fsp3) is 0.0800. The zero-order valence-corrected chi connectivity index (χ0v) is 16.4. The third-order valence-corrected chi connectivity index (χ3v) is 4.63. The third kappa shape index (κ3) is 4.89. The van der Waals surface area contributed by atoms with E-state index >= 15 is 0 Å². The first kappa shape index (κ1) is 19.3. The van der Waals surface area contributed by atoms with Crippen molar-refractivity contribution < 1.29 is 9.53 Å². The fourth-order valence-corrected chi connectivity index (χ4v) is 3.11. The number of aromatic nitrogens is 2. The Bertz CT molecular complexity index is 1100. The summed E-state index contributed by atoms with van der Waals surface area (Å²) in [4.78, 5) is 20.8. The molecule has 5 heteroatoms. The highest BCUT2D eigenvalue weighted by Crippen LogP contribution is 2.22. The highest BCUT2D eigenvalue weighted by atomic mass is 16.5. The van der Waals surface area contributed by atoms with Crippen LogP contribution in [0.4, 0.5) is 0 Å². The maximum Gasteiger partial charge on any atom is 0.258 e. The molecule has 0 saturated carbocycles. The summed E-state index contributed by atoms with van der Waals surface area (Å²) in [5.41, 5.74) is 4.89. The topological polar surface area (TPSA) is 64.1 Å². The first-order chi connectivity index (χ1) is 14.8. The van der Waals surface area contributed by atoms with Gasteiger partial charge in [-0.2, -0.15) is 0 Å². The molecule has 148 valence electrons. The molecule has 2 aromatic carbocycles. The second-order valence-corrected chi connectivity index (χ2v) is 6.71. The quantitative estimate of drug-likeness (QED) is 0.500. The van der Waals surface area contributed by atoms with Crippen LogP contribution < -0.4 is 10.1 Å². The van der Waals surface area contributed by atoms with Gasteiger partial charge < -0.3 is 10.1 Å². The standard InChI is InChI=1S/C25H21N3O2/c29-24(18-30-23-12-10-20(11-13-23)19-6-2-1-3-7-19)28-17-22-9-5-15-27-25(22)21-8-4-14-26-16-21/h1-16H,17-18H2,(H,28,29). The molecule has 0 atom stereocenters. The first-order valence-electron chi connectivity index (χ1n) is 9.69. The largest absolute Gasteiger partial charge is 0.484 e. The van der Waals surface area contributed by atoms with E-state index in [1.54, 1.807) is 18.6 Å². The molecular weight excluding hydrogens is 374 g/mol. The molecule has 0 bridgehead atoms. The molecule has 0 saturated heterocycles. The summed E-state index contributed by atoms with van der Waals surface area (Å²) < 4.78 is 5.62. The summed E-state index contributed by atoms with van der Waals surface area (Å²) in [6.07, 6.45) is 5.21. The molecule has 2 aromatic heterocycles. The second kappa shape index (κ2) is 9.47. The van der Waals surface area contributed by atoms with E-state index < -0.39 is 0 Å². The van der Waals surface area contributed by atoms with Gasteiger partial charge in [0.05, 0.1) is 5.69 Å². The number of carbonyl (C=O) groups is 1. The molecular formula is C25H21N3O2. The van der Waals surface area contributed by atoms with Crippen LogP contribution in [0.2, 0.25) is 0 Å². The van der Waals surface area contributed by atoms with Crippen LogP contribution in [-0.4, -0.2) is 22.5 Å². The zero-order valence-electron chi connectivity index (χ0n) is 16.4. The van der Waals surface area contributed by atoms with Gasteiger partial charge in [0, 0.05) is 30.7 Å². The smallest absolute Gasteiger partial charge is 0.258 e. The number of amides is 1. The van der Waals surface area contributed by atoms with Crippen LogP contribution >= 0.6 is 0 Å². The lowest BCUT2D eigenvalue weighted by Gasteiger charge is -2.11. The maximum absolute atomic E-state index is 12.3. The lowest BCUT2D eigenvalue weighted by atomic mass is 10.1. The molecule has 2 heterocycles. The maximum atomic E-state index is 12.3. The van der Waals surface area contributed by atoms with E-state index in [0.717, 1.165) is 27.9 Å². The van der Waals surface area contributed by atoms with Crippen molar-refractivity contribution in [1.82, 2.24) is 15.3 Å². The Balaban J connectivity index is 1.32. The number of hydrogen-bond acceptors (Lipinski definition) is 4. The van der Waals surface area contributed by atoms with Gasteiger partial charge in [0.15, 0.2) is 6.61 Å². The molecule has 0 unspecified atom stereocenters. The number of nitrogens with one attached hydrogen (secondary N) is 1. The lowest BCUT2D eigenvalue weighted by molar-refractivity contribution is -0.123. The predicted octanol–water partition coefficient (Wildman–Crippen LogP) is 4.51. The number of nitrogens with zero attached hydrogens (tertiary/aromatic N) is 2. The number of carbonyl (C=O) groups excluding carboxylic acids is 1. The van der Waals surface area contributed by atoms with Crippen LogP contribution in [0.3, 0.4) is 0 Å². The SMILES string of the molecule is O=C(COc1ccc(-c2ccccc2)cc1)NCc1cccnc1-c1cccnc1. The number of pyridine rings is 2. The Labute approximate surface area is 175 Å². The van der Waals surface area contributed by atoms with E-state index in [9.17, 15) is 4.79 Å². The average molecular weight is 395 g/mol. The van der Waals surface area contributed by atoms with Crippen molar-refractivity contribution in [2.24, 2.45) is 0 Å². The summed E-state index contributed by atoms with van der Waals surface area (Å²) in [5.74, 6) is 0.463. The number of benzene rings is 2. The summed E-state index contributed by atoms with van der Waals surface area (Å²) in [6, 6.07) is 25.4. The van der Waals surface area contributed by atoms with Crippen molar-refractivity contribution in [3.05, 3.63) is 103 Å². The van der Waals surface area contributed by atoms with E-state index in [2.05, 4.69) is 27.4 Å². The van der Waals surface area contributed by atoms with Crippen molar-refractivity contribution in [3.63, 3.8) is 0 Å². The van der Waals surface area contributed by atoms with Crippen molar-refractivity contribution in [1.29, 1.82) is 0 Å². The van der Waals surface area contributed by atoms with Gasteiger partial charge >= 0.3 is 0 Å². The van der Waals surface area contributed by atoms with E-state index in [1.165, 1.54) is 0 Å². The van der Waals surface area contributed by atoms with Crippen molar-refractivity contribution >= 4 is 5.91 Å². The van der Waals surface area contributed by atoms with Gasteiger partial charge in [0.2, 0.25) is 0 Å². The molecule has 30 heavy (non-hydrogen) atoms. The number of hydrogen-bond donors (Lipinski definition) is 1. The van der Waals surface area contributed by atoms with Crippen molar-refractivity contribution in [2.45, 2.75) is 6.54 Å². The van der Waals surface area contributed by atoms with Crippen LogP contribution in [0.25, 0.3) is 22.4 Å². The summed E-state index contributed by atoms with van der Waals surface area (Å²) >= 11 is 0. The Kier molecular flexibility index (Phi) is 6.11. The highest BCUT2D eigenvalue weighted by Gasteiger charge is 2.09. The highest BCUT2D eigenvalue weighted by molar-refractivity contribution is 5.78.